The van der Waals surface area contributed by atoms with Crippen LogP contribution in [0.25, 0.3) is 0 Å². The van der Waals surface area contributed by atoms with E-state index in [4.69, 9.17) is 5.11 Å². The first kappa shape index (κ1) is 25.2. The lowest BCUT2D eigenvalue weighted by atomic mass is 9.78. The molecule has 0 amide bonds. The topological polar surface area (TPSA) is 32.3 Å². The lowest BCUT2D eigenvalue weighted by molar-refractivity contribution is 0.281. The van der Waals surface area contributed by atoms with Gasteiger partial charge in [0.05, 0.1) is 0 Å². The third-order valence-corrected chi connectivity index (χ3v) is 6.81. The smallest absolute Gasteiger partial charge is 0.0431 e. The highest BCUT2D eigenvalue weighted by Gasteiger charge is 2.30. The van der Waals surface area contributed by atoms with Crippen LogP contribution in [0.3, 0.4) is 0 Å². The molecule has 2 atom stereocenters. The molecule has 0 aliphatic heterocycles. The van der Waals surface area contributed by atoms with Gasteiger partial charge in [-0.25, -0.2) is 0 Å². The molecular weight excluding hydrogens is 402 g/mol. The largest absolute Gasteiger partial charge is 0.396 e. The maximum absolute atomic E-state index is 8.98. The molecule has 0 heterocycles. The van der Waals surface area contributed by atoms with Crippen LogP contribution in [-0.4, -0.2) is 18.3 Å². The minimum absolute atomic E-state index is 0.0798. The summed E-state index contributed by atoms with van der Waals surface area (Å²) in [6, 6.07) is 32.9. The van der Waals surface area contributed by atoms with Crippen LogP contribution in [0, 0.1) is 0 Å². The van der Waals surface area contributed by atoms with Crippen molar-refractivity contribution in [3.63, 3.8) is 0 Å². The van der Waals surface area contributed by atoms with Crippen LogP contribution in [-0.2, 0) is 12.0 Å². The molecule has 0 aliphatic carbocycles. The molecule has 2 heteroatoms. The molecule has 0 spiro atoms. The van der Waals surface area contributed by atoms with E-state index in [1.165, 1.54) is 36.0 Å². The number of nitrogens with one attached hydrogen (secondary N) is 1. The second-order valence-electron chi connectivity index (χ2n) is 9.45. The zero-order chi connectivity index (χ0) is 23.2. The summed E-state index contributed by atoms with van der Waals surface area (Å²) in [5, 5.41) is 12.9. The lowest BCUT2D eigenvalue weighted by Gasteiger charge is -2.36. The van der Waals surface area contributed by atoms with Gasteiger partial charge in [-0.3, -0.25) is 0 Å². The highest BCUT2D eigenvalue weighted by atomic mass is 16.2. The molecule has 2 unspecified atom stereocenters. The standard InChI is InChI=1S/C31H41NO/c1-31(30-20-12-7-13-21-30,32-24-14-3-2-4-15-25-33)26-29(28-18-10-6-11-19-28)23-22-27-16-8-5-9-17-27/h5-13,16-21,29,32-33H,2-4,14-15,22-26H2,1H3. The van der Waals surface area contributed by atoms with Crippen molar-refractivity contribution in [1.29, 1.82) is 0 Å². The van der Waals surface area contributed by atoms with Crippen molar-refractivity contribution in [1.82, 2.24) is 5.32 Å². The monoisotopic (exact) mass is 443 g/mol. The van der Waals surface area contributed by atoms with Crippen molar-refractivity contribution in [2.75, 3.05) is 13.2 Å². The quantitative estimate of drug-likeness (QED) is 0.243. The molecule has 0 bridgehead atoms. The summed E-state index contributed by atoms with van der Waals surface area (Å²) in [7, 11) is 0. The summed E-state index contributed by atoms with van der Waals surface area (Å²) in [5.41, 5.74) is 4.13. The van der Waals surface area contributed by atoms with Crippen molar-refractivity contribution in [3.05, 3.63) is 108 Å². The molecule has 0 saturated heterocycles. The van der Waals surface area contributed by atoms with Crippen LogP contribution in [0.15, 0.2) is 91.0 Å². The van der Waals surface area contributed by atoms with Crippen molar-refractivity contribution >= 4 is 0 Å². The molecule has 176 valence electrons. The summed E-state index contributed by atoms with van der Waals surface area (Å²) in [5.74, 6) is 0.480. The highest BCUT2D eigenvalue weighted by molar-refractivity contribution is 5.27. The fourth-order valence-corrected chi connectivity index (χ4v) is 4.82. The van der Waals surface area contributed by atoms with E-state index in [1.54, 1.807) is 0 Å². The Labute approximate surface area is 201 Å². The van der Waals surface area contributed by atoms with E-state index in [9.17, 15) is 0 Å². The Balaban J connectivity index is 1.72. The second kappa shape index (κ2) is 14.0. The van der Waals surface area contributed by atoms with Gasteiger partial charge in [0.15, 0.2) is 0 Å². The van der Waals surface area contributed by atoms with E-state index in [-0.39, 0.29) is 5.54 Å². The van der Waals surface area contributed by atoms with Crippen LogP contribution >= 0.6 is 0 Å². The number of hydrogen-bond acceptors (Lipinski definition) is 2. The number of hydrogen-bond donors (Lipinski definition) is 2. The van der Waals surface area contributed by atoms with Gasteiger partial charge in [-0.05, 0) is 68.2 Å². The van der Waals surface area contributed by atoms with Crippen molar-refractivity contribution in [2.45, 2.75) is 69.7 Å². The summed E-state index contributed by atoms with van der Waals surface area (Å²) in [4.78, 5) is 0. The van der Waals surface area contributed by atoms with Crippen LogP contribution in [0.1, 0.15) is 74.5 Å². The van der Waals surface area contributed by atoms with Gasteiger partial charge in [-0.1, -0.05) is 110 Å². The summed E-state index contributed by atoms with van der Waals surface area (Å²) < 4.78 is 0. The molecule has 2 nitrogen and oxygen atoms in total. The van der Waals surface area contributed by atoms with E-state index < -0.39 is 0 Å². The van der Waals surface area contributed by atoms with Gasteiger partial charge in [-0.2, -0.15) is 0 Å². The van der Waals surface area contributed by atoms with Gasteiger partial charge in [-0.15, -0.1) is 0 Å². The van der Waals surface area contributed by atoms with Gasteiger partial charge < -0.3 is 10.4 Å². The highest BCUT2D eigenvalue weighted by Crippen LogP contribution is 2.36. The summed E-state index contributed by atoms with van der Waals surface area (Å²) in [6.45, 7) is 3.71. The Kier molecular flexibility index (Phi) is 10.7. The Bertz CT molecular complexity index is 881. The molecule has 3 aromatic carbocycles. The third-order valence-electron chi connectivity index (χ3n) is 6.81. The number of rotatable bonds is 15. The first-order chi connectivity index (χ1) is 16.2. The summed E-state index contributed by atoms with van der Waals surface area (Å²) in [6.07, 6.45) is 8.95. The van der Waals surface area contributed by atoms with Crippen LogP contribution in [0.5, 0.6) is 0 Å². The van der Waals surface area contributed by atoms with Crippen LogP contribution in [0.2, 0.25) is 0 Å². The van der Waals surface area contributed by atoms with Gasteiger partial charge in [0, 0.05) is 12.1 Å². The predicted octanol–water partition coefficient (Wildman–Crippen LogP) is 7.24. The Morgan fingerprint density at radius 3 is 1.97 bits per heavy atom. The molecule has 3 aromatic rings. The molecule has 33 heavy (non-hydrogen) atoms. The maximum Gasteiger partial charge on any atom is 0.0431 e. The van der Waals surface area contributed by atoms with Crippen molar-refractivity contribution in [3.8, 4) is 0 Å². The van der Waals surface area contributed by atoms with E-state index in [2.05, 4.69) is 103 Å². The van der Waals surface area contributed by atoms with Gasteiger partial charge in [0.1, 0.15) is 0 Å². The van der Waals surface area contributed by atoms with Gasteiger partial charge in [0.2, 0.25) is 0 Å². The minimum Gasteiger partial charge on any atom is -0.396 e. The predicted molar refractivity (Wildman–Crippen MR) is 141 cm³/mol. The first-order valence-corrected chi connectivity index (χ1v) is 12.7. The fraction of sp³-hybridized carbons (Fsp3) is 0.419. The third kappa shape index (κ3) is 8.46. The Morgan fingerprint density at radius 1 is 0.727 bits per heavy atom. The molecule has 3 rings (SSSR count). The molecule has 0 saturated carbocycles. The number of benzene rings is 3. The zero-order valence-electron chi connectivity index (χ0n) is 20.3. The molecule has 0 aliphatic rings. The van der Waals surface area contributed by atoms with E-state index in [1.807, 2.05) is 0 Å². The van der Waals surface area contributed by atoms with E-state index in [0.29, 0.717) is 12.5 Å². The van der Waals surface area contributed by atoms with Crippen LogP contribution in [0.4, 0.5) is 0 Å². The van der Waals surface area contributed by atoms with Gasteiger partial charge >= 0.3 is 0 Å². The minimum atomic E-state index is -0.0798. The molecule has 0 radical (unpaired) electrons. The maximum atomic E-state index is 8.98. The molecule has 0 fully saturated rings. The van der Waals surface area contributed by atoms with E-state index >= 15 is 0 Å². The Hall–Kier alpha value is -2.42. The van der Waals surface area contributed by atoms with Crippen molar-refractivity contribution < 1.29 is 5.11 Å². The zero-order valence-corrected chi connectivity index (χ0v) is 20.3. The van der Waals surface area contributed by atoms with Crippen LogP contribution < -0.4 is 5.32 Å². The second-order valence-corrected chi connectivity index (χ2v) is 9.45. The number of aliphatic hydroxyl groups is 1. The summed E-state index contributed by atoms with van der Waals surface area (Å²) >= 11 is 0. The average Bonchev–Trinajstić information content (AvgIpc) is 2.88. The number of aliphatic hydroxyl groups excluding tert-OH is 1. The normalized spacial score (nSPS) is 14.0. The van der Waals surface area contributed by atoms with E-state index in [0.717, 1.165) is 38.6 Å². The number of aryl methyl sites for hydroxylation is 1. The van der Waals surface area contributed by atoms with Gasteiger partial charge in [0.25, 0.3) is 0 Å². The van der Waals surface area contributed by atoms with Crippen molar-refractivity contribution in [2.24, 2.45) is 0 Å². The Morgan fingerprint density at radius 2 is 1.30 bits per heavy atom. The molecular formula is C31H41NO. The first-order valence-electron chi connectivity index (χ1n) is 12.7. The fourth-order valence-electron chi connectivity index (χ4n) is 4.82. The number of unbranched alkanes of at least 4 members (excludes halogenated alkanes) is 4. The molecule has 2 N–H and O–H groups in total. The lowest BCUT2D eigenvalue weighted by Crippen LogP contribution is -2.41. The SMILES string of the molecule is CC(CC(CCc1ccccc1)c1ccccc1)(NCCCCCCCO)c1ccccc1. The molecule has 0 aromatic heterocycles. The average molecular weight is 444 g/mol.